The molecule has 0 bridgehead atoms. The number of hydrogen-bond donors (Lipinski definition) is 1. The molecule has 0 aliphatic carbocycles. The van der Waals surface area contributed by atoms with Gasteiger partial charge in [0.05, 0.1) is 19.1 Å². The van der Waals surface area contributed by atoms with Crippen LogP contribution in [-0.2, 0) is 9.53 Å². The summed E-state index contributed by atoms with van der Waals surface area (Å²) in [7, 11) is 4.17. The van der Waals surface area contributed by atoms with Crippen LogP contribution in [0.25, 0.3) is 0 Å². The Kier molecular flexibility index (Phi) is 5.15. The molecule has 0 saturated carbocycles. The van der Waals surface area contributed by atoms with Crippen LogP contribution in [0.1, 0.15) is 0 Å². The van der Waals surface area contributed by atoms with E-state index in [1.165, 1.54) is 0 Å². The van der Waals surface area contributed by atoms with Crippen LogP contribution in [0.5, 0.6) is 0 Å². The van der Waals surface area contributed by atoms with Gasteiger partial charge in [0.25, 0.3) is 0 Å². The molecule has 2 atom stereocenters. The van der Waals surface area contributed by atoms with Gasteiger partial charge in [0, 0.05) is 45.3 Å². The lowest BCUT2D eigenvalue weighted by Crippen LogP contribution is -2.53. The lowest BCUT2D eigenvalue weighted by molar-refractivity contribution is -0.137. The number of carbonyl (C=O) groups is 1. The van der Waals surface area contributed by atoms with Crippen molar-refractivity contribution in [2.75, 3.05) is 66.6 Å². The van der Waals surface area contributed by atoms with Gasteiger partial charge in [0.15, 0.2) is 0 Å². The predicted molar refractivity (Wildman–Crippen MR) is 73.9 cm³/mol. The highest BCUT2D eigenvalue weighted by Crippen LogP contribution is 2.16. The third-order valence-electron chi connectivity index (χ3n) is 3.99. The molecule has 2 rings (SSSR count). The smallest absolute Gasteiger partial charge is 0.229 e. The van der Waals surface area contributed by atoms with Crippen molar-refractivity contribution in [2.45, 2.75) is 6.04 Å². The van der Waals surface area contributed by atoms with E-state index in [1.807, 2.05) is 4.90 Å². The van der Waals surface area contributed by atoms with Crippen molar-refractivity contribution in [1.29, 1.82) is 0 Å². The Bertz CT molecular complexity index is 303. The lowest BCUT2D eigenvalue weighted by Gasteiger charge is -2.36. The van der Waals surface area contributed by atoms with Crippen molar-refractivity contribution < 1.29 is 9.53 Å². The summed E-state index contributed by atoms with van der Waals surface area (Å²) in [5.41, 5.74) is 5.91. The van der Waals surface area contributed by atoms with E-state index in [4.69, 9.17) is 10.5 Å². The van der Waals surface area contributed by atoms with Crippen molar-refractivity contribution >= 4 is 5.91 Å². The standard InChI is InChI=1S/C13H26N4O2/c1-15(2)3-4-16-5-7-17(8-6-16)13(18)11-9-19-10-12(11)14/h11-12H,3-10,14H2,1-2H3. The number of likely N-dealkylation sites (N-methyl/N-ethyl adjacent to an activating group) is 1. The lowest BCUT2D eigenvalue weighted by atomic mass is 10.0. The Morgan fingerprint density at radius 1 is 1.26 bits per heavy atom. The number of piperazine rings is 1. The fourth-order valence-electron chi connectivity index (χ4n) is 2.59. The summed E-state index contributed by atoms with van der Waals surface area (Å²) in [4.78, 5) is 18.9. The van der Waals surface area contributed by atoms with Crippen molar-refractivity contribution in [1.82, 2.24) is 14.7 Å². The molecule has 0 aromatic carbocycles. The highest BCUT2D eigenvalue weighted by molar-refractivity contribution is 5.80. The van der Waals surface area contributed by atoms with Gasteiger partial charge < -0.3 is 20.3 Å². The molecule has 0 aromatic heterocycles. The number of hydrogen-bond acceptors (Lipinski definition) is 5. The minimum absolute atomic E-state index is 0.126. The fraction of sp³-hybridized carbons (Fsp3) is 0.923. The van der Waals surface area contributed by atoms with E-state index >= 15 is 0 Å². The van der Waals surface area contributed by atoms with Gasteiger partial charge >= 0.3 is 0 Å². The van der Waals surface area contributed by atoms with E-state index < -0.39 is 0 Å². The van der Waals surface area contributed by atoms with E-state index in [-0.39, 0.29) is 17.9 Å². The average molecular weight is 270 g/mol. The summed E-state index contributed by atoms with van der Waals surface area (Å²) in [6, 6.07) is -0.126. The molecule has 2 heterocycles. The molecule has 0 aromatic rings. The van der Waals surface area contributed by atoms with Crippen LogP contribution in [0.2, 0.25) is 0 Å². The zero-order chi connectivity index (χ0) is 13.8. The van der Waals surface area contributed by atoms with Gasteiger partial charge in [-0.2, -0.15) is 0 Å². The van der Waals surface area contributed by atoms with Gasteiger partial charge in [-0.05, 0) is 14.1 Å². The average Bonchev–Trinajstić information content (AvgIpc) is 2.82. The van der Waals surface area contributed by atoms with Crippen LogP contribution in [0.4, 0.5) is 0 Å². The van der Waals surface area contributed by atoms with Gasteiger partial charge in [-0.3, -0.25) is 9.69 Å². The Balaban J connectivity index is 1.75. The third-order valence-corrected chi connectivity index (χ3v) is 3.99. The van der Waals surface area contributed by atoms with Gasteiger partial charge in [0.2, 0.25) is 5.91 Å². The van der Waals surface area contributed by atoms with Crippen molar-refractivity contribution in [2.24, 2.45) is 11.7 Å². The van der Waals surface area contributed by atoms with Crippen molar-refractivity contribution in [3.05, 3.63) is 0 Å². The molecule has 2 N–H and O–H groups in total. The zero-order valence-corrected chi connectivity index (χ0v) is 12.0. The number of carbonyl (C=O) groups excluding carboxylic acids is 1. The first-order valence-electron chi connectivity index (χ1n) is 7.07. The summed E-state index contributed by atoms with van der Waals surface area (Å²) < 4.78 is 5.28. The normalized spacial score (nSPS) is 29.2. The maximum Gasteiger partial charge on any atom is 0.229 e. The largest absolute Gasteiger partial charge is 0.379 e. The third kappa shape index (κ3) is 3.89. The zero-order valence-electron chi connectivity index (χ0n) is 12.0. The summed E-state index contributed by atoms with van der Waals surface area (Å²) in [6.45, 7) is 6.69. The molecular formula is C13H26N4O2. The molecule has 6 nitrogen and oxygen atoms in total. The number of rotatable bonds is 4. The highest BCUT2D eigenvalue weighted by Gasteiger charge is 2.35. The molecule has 6 heteroatoms. The first-order valence-corrected chi connectivity index (χ1v) is 7.07. The minimum Gasteiger partial charge on any atom is -0.379 e. The molecule has 2 aliphatic rings. The van der Waals surface area contributed by atoms with Gasteiger partial charge in [-0.1, -0.05) is 0 Å². The summed E-state index contributed by atoms with van der Waals surface area (Å²) in [6.07, 6.45) is 0. The molecule has 0 radical (unpaired) electrons. The number of ether oxygens (including phenoxy) is 1. The SMILES string of the molecule is CN(C)CCN1CCN(C(=O)C2COCC2N)CC1. The molecule has 1 amide bonds. The van der Waals surface area contributed by atoms with Gasteiger partial charge in [0.1, 0.15) is 0 Å². The maximum absolute atomic E-state index is 12.3. The maximum atomic E-state index is 12.3. The molecule has 0 spiro atoms. The van der Waals surface area contributed by atoms with Crippen LogP contribution in [0.3, 0.4) is 0 Å². The van der Waals surface area contributed by atoms with Crippen LogP contribution in [0, 0.1) is 5.92 Å². The molecule has 19 heavy (non-hydrogen) atoms. The Hall–Kier alpha value is -0.690. The van der Waals surface area contributed by atoms with Crippen LogP contribution in [-0.4, -0.2) is 93.2 Å². The van der Waals surface area contributed by atoms with Crippen LogP contribution < -0.4 is 5.73 Å². The predicted octanol–water partition coefficient (Wildman–Crippen LogP) is -1.33. The summed E-state index contributed by atoms with van der Waals surface area (Å²) in [5, 5.41) is 0. The number of nitrogens with two attached hydrogens (primary N) is 1. The Labute approximate surface area is 115 Å². The quantitative estimate of drug-likeness (QED) is 0.685. The minimum atomic E-state index is -0.131. The second-order valence-electron chi connectivity index (χ2n) is 5.78. The van der Waals surface area contributed by atoms with Crippen LogP contribution >= 0.6 is 0 Å². The molecule has 2 aliphatic heterocycles. The van der Waals surface area contributed by atoms with Gasteiger partial charge in [-0.25, -0.2) is 0 Å². The molecule has 2 fully saturated rings. The fourth-order valence-corrected chi connectivity index (χ4v) is 2.59. The topological polar surface area (TPSA) is 62.0 Å². The number of nitrogens with zero attached hydrogens (tertiary/aromatic N) is 3. The van der Waals surface area contributed by atoms with E-state index in [1.54, 1.807) is 0 Å². The second kappa shape index (κ2) is 6.65. The summed E-state index contributed by atoms with van der Waals surface area (Å²) in [5.74, 6) is 0.0468. The Morgan fingerprint density at radius 3 is 2.47 bits per heavy atom. The summed E-state index contributed by atoms with van der Waals surface area (Å²) >= 11 is 0. The first-order chi connectivity index (χ1) is 9.08. The molecular weight excluding hydrogens is 244 g/mol. The first kappa shape index (κ1) is 14.7. The van der Waals surface area contributed by atoms with Crippen LogP contribution in [0.15, 0.2) is 0 Å². The molecule has 2 unspecified atom stereocenters. The monoisotopic (exact) mass is 270 g/mol. The van der Waals surface area contributed by atoms with E-state index in [0.29, 0.717) is 13.2 Å². The van der Waals surface area contributed by atoms with E-state index in [0.717, 1.165) is 39.3 Å². The van der Waals surface area contributed by atoms with Gasteiger partial charge in [-0.15, -0.1) is 0 Å². The van der Waals surface area contributed by atoms with E-state index in [2.05, 4.69) is 23.9 Å². The molecule has 2 saturated heterocycles. The number of amides is 1. The second-order valence-corrected chi connectivity index (χ2v) is 5.78. The molecule has 110 valence electrons. The van der Waals surface area contributed by atoms with Crippen molar-refractivity contribution in [3.63, 3.8) is 0 Å². The Morgan fingerprint density at radius 2 is 1.95 bits per heavy atom. The van der Waals surface area contributed by atoms with E-state index in [9.17, 15) is 4.79 Å². The highest BCUT2D eigenvalue weighted by atomic mass is 16.5. The van der Waals surface area contributed by atoms with Crippen molar-refractivity contribution in [3.8, 4) is 0 Å².